The van der Waals surface area contributed by atoms with Gasteiger partial charge in [-0.25, -0.2) is 4.39 Å². The van der Waals surface area contributed by atoms with Crippen LogP contribution in [-0.4, -0.2) is 14.8 Å². The van der Waals surface area contributed by atoms with Gasteiger partial charge < -0.3 is 0 Å². The number of aryl methyl sites for hydroxylation is 2. The summed E-state index contributed by atoms with van der Waals surface area (Å²) in [5.41, 5.74) is 4.44. The number of hydrogen-bond acceptors (Lipinski definition) is 2. The monoisotopic (exact) mass is 267 g/mol. The van der Waals surface area contributed by atoms with E-state index in [1.54, 1.807) is 17.1 Å². The standard InChI is InChI=1S/C16H14FN3/c1-11-7-13(9-14(17)8-11)16-15(10-20(2)19-16)12-3-5-18-6-4-12/h3-10H,1-2H3. The van der Waals surface area contributed by atoms with Crippen LogP contribution in [0.1, 0.15) is 5.56 Å². The van der Waals surface area contributed by atoms with Gasteiger partial charge in [0.1, 0.15) is 11.5 Å². The van der Waals surface area contributed by atoms with Crippen LogP contribution in [0.2, 0.25) is 0 Å². The van der Waals surface area contributed by atoms with Gasteiger partial charge in [-0.15, -0.1) is 0 Å². The van der Waals surface area contributed by atoms with Crippen LogP contribution >= 0.6 is 0 Å². The van der Waals surface area contributed by atoms with E-state index in [0.29, 0.717) is 0 Å². The molecule has 4 heteroatoms. The van der Waals surface area contributed by atoms with E-state index in [2.05, 4.69) is 10.1 Å². The Hall–Kier alpha value is -2.49. The van der Waals surface area contributed by atoms with Crippen LogP contribution in [0.3, 0.4) is 0 Å². The summed E-state index contributed by atoms with van der Waals surface area (Å²) < 4.78 is 15.4. The summed E-state index contributed by atoms with van der Waals surface area (Å²) in [5.74, 6) is -0.244. The molecule has 0 saturated heterocycles. The second kappa shape index (κ2) is 4.89. The molecule has 3 nitrogen and oxygen atoms in total. The molecule has 0 fully saturated rings. The van der Waals surface area contributed by atoms with Crippen LogP contribution < -0.4 is 0 Å². The number of hydrogen-bond donors (Lipinski definition) is 0. The zero-order valence-electron chi connectivity index (χ0n) is 11.3. The maximum Gasteiger partial charge on any atom is 0.124 e. The van der Waals surface area contributed by atoms with Gasteiger partial charge in [-0.3, -0.25) is 9.67 Å². The maximum absolute atomic E-state index is 13.6. The fraction of sp³-hybridized carbons (Fsp3) is 0.125. The molecule has 1 aromatic carbocycles. The van der Waals surface area contributed by atoms with E-state index < -0.39 is 0 Å². The molecule has 0 aliphatic heterocycles. The summed E-state index contributed by atoms with van der Waals surface area (Å²) in [4.78, 5) is 4.02. The first-order chi connectivity index (χ1) is 9.63. The summed E-state index contributed by atoms with van der Waals surface area (Å²) in [6.45, 7) is 1.88. The van der Waals surface area contributed by atoms with Crippen molar-refractivity contribution in [3.05, 3.63) is 60.3 Å². The quantitative estimate of drug-likeness (QED) is 0.710. The second-order valence-corrected chi connectivity index (χ2v) is 4.82. The number of rotatable bonds is 2. The summed E-state index contributed by atoms with van der Waals surface area (Å²) in [7, 11) is 1.86. The molecule has 0 N–H and O–H groups in total. The van der Waals surface area contributed by atoms with Crippen LogP contribution in [0.4, 0.5) is 4.39 Å². The fourth-order valence-corrected chi connectivity index (χ4v) is 2.32. The molecule has 0 atom stereocenters. The molecule has 0 amide bonds. The Morgan fingerprint density at radius 1 is 1.05 bits per heavy atom. The van der Waals surface area contributed by atoms with Crippen molar-refractivity contribution in [2.75, 3.05) is 0 Å². The molecular weight excluding hydrogens is 253 g/mol. The third-order valence-electron chi connectivity index (χ3n) is 3.14. The Bertz CT molecular complexity index is 727. The molecule has 3 aromatic rings. The van der Waals surface area contributed by atoms with E-state index in [9.17, 15) is 4.39 Å². The largest absolute Gasteiger partial charge is 0.275 e. The van der Waals surface area contributed by atoms with Gasteiger partial charge in [0.05, 0.1) is 0 Å². The van der Waals surface area contributed by atoms with E-state index in [-0.39, 0.29) is 5.82 Å². The van der Waals surface area contributed by atoms with E-state index in [1.807, 2.05) is 38.4 Å². The van der Waals surface area contributed by atoms with E-state index in [1.165, 1.54) is 12.1 Å². The zero-order valence-corrected chi connectivity index (χ0v) is 11.3. The lowest BCUT2D eigenvalue weighted by Crippen LogP contribution is -1.89. The number of benzene rings is 1. The van der Waals surface area contributed by atoms with Crippen molar-refractivity contribution in [1.82, 2.24) is 14.8 Å². The van der Waals surface area contributed by atoms with Gasteiger partial charge in [0.15, 0.2) is 0 Å². The third kappa shape index (κ3) is 2.32. The molecule has 3 rings (SSSR count). The number of aromatic nitrogens is 3. The molecule has 0 radical (unpaired) electrons. The number of pyridine rings is 1. The van der Waals surface area contributed by atoms with Crippen molar-refractivity contribution in [3.63, 3.8) is 0 Å². The van der Waals surface area contributed by atoms with Gasteiger partial charge >= 0.3 is 0 Å². The SMILES string of the molecule is Cc1cc(F)cc(-c2nn(C)cc2-c2ccncc2)c1. The minimum atomic E-state index is -0.244. The van der Waals surface area contributed by atoms with Gasteiger partial charge in [0, 0.05) is 36.8 Å². The van der Waals surface area contributed by atoms with Crippen LogP contribution in [0.5, 0.6) is 0 Å². The summed E-state index contributed by atoms with van der Waals surface area (Å²) in [6.07, 6.45) is 5.41. The molecule has 0 spiro atoms. The number of halogens is 1. The molecule has 0 saturated carbocycles. The second-order valence-electron chi connectivity index (χ2n) is 4.82. The Morgan fingerprint density at radius 2 is 1.80 bits per heavy atom. The normalized spacial score (nSPS) is 10.8. The smallest absolute Gasteiger partial charge is 0.124 e. The lowest BCUT2D eigenvalue weighted by atomic mass is 10.0. The summed E-state index contributed by atoms with van der Waals surface area (Å²) in [5, 5.41) is 4.47. The first-order valence-corrected chi connectivity index (χ1v) is 6.35. The molecule has 0 unspecified atom stereocenters. The van der Waals surface area contributed by atoms with E-state index in [4.69, 9.17) is 0 Å². The highest BCUT2D eigenvalue weighted by Crippen LogP contribution is 2.31. The predicted octanol–water partition coefficient (Wildman–Crippen LogP) is 3.60. The first kappa shape index (κ1) is 12.5. The van der Waals surface area contributed by atoms with Crippen molar-refractivity contribution in [2.24, 2.45) is 7.05 Å². The Kier molecular flexibility index (Phi) is 3.06. The average Bonchev–Trinajstić information content (AvgIpc) is 2.81. The summed E-state index contributed by atoms with van der Waals surface area (Å²) >= 11 is 0. The molecule has 100 valence electrons. The first-order valence-electron chi connectivity index (χ1n) is 6.35. The van der Waals surface area contributed by atoms with Crippen molar-refractivity contribution in [3.8, 4) is 22.4 Å². The highest BCUT2D eigenvalue weighted by molar-refractivity contribution is 5.80. The van der Waals surface area contributed by atoms with Gasteiger partial charge in [-0.05, 0) is 48.4 Å². The molecule has 0 aliphatic carbocycles. The van der Waals surface area contributed by atoms with Gasteiger partial charge in [-0.2, -0.15) is 5.10 Å². The zero-order chi connectivity index (χ0) is 14.1. The molecule has 2 aromatic heterocycles. The Labute approximate surface area is 116 Å². The Balaban J connectivity index is 2.19. The summed E-state index contributed by atoms with van der Waals surface area (Å²) in [6, 6.07) is 8.81. The van der Waals surface area contributed by atoms with Crippen LogP contribution in [0.25, 0.3) is 22.4 Å². The van der Waals surface area contributed by atoms with Crippen molar-refractivity contribution >= 4 is 0 Å². The molecule has 0 aliphatic rings. The fourth-order valence-electron chi connectivity index (χ4n) is 2.32. The molecule has 2 heterocycles. The van der Waals surface area contributed by atoms with E-state index in [0.717, 1.165) is 27.9 Å². The lowest BCUT2D eigenvalue weighted by molar-refractivity contribution is 0.627. The van der Waals surface area contributed by atoms with Crippen molar-refractivity contribution in [2.45, 2.75) is 6.92 Å². The average molecular weight is 267 g/mol. The lowest BCUT2D eigenvalue weighted by Gasteiger charge is -2.04. The van der Waals surface area contributed by atoms with Crippen LogP contribution in [0, 0.1) is 12.7 Å². The minimum Gasteiger partial charge on any atom is -0.275 e. The van der Waals surface area contributed by atoms with Gasteiger partial charge in [0.25, 0.3) is 0 Å². The third-order valence-corrected chi connectivity index (χ3v) is 3.14. The number of nitrogens with zero attached hydrogens (tertiary/aromatic N) is 3. The van der Waals surface area contributed by atoms with Crippen molar-refractivity contribution < 1.29 is 4.39 Å². The highest BCUT2D eigenvalue weighted by atomic mass is 19.1. The van der Waals surface area contributed by atoms with Gasteiger partial charge in [0.2, 0.25) is 0 Å². The topological polar surface area (TPSA) is 30.7 Å². The predicted molar refractivity (Wildman–Crippen MR) is 76.6 cm³/mol. The van der Waals surface area contributed by atoms with Crippen LogP contribution in [0.15, 0.2) is 48.9 Å². The van der Waals surface area contributed by atoms with Crippen molar-refractivity contribution in [1.29, 1.82) is 0 Å². The Morgan fingerprint density at radius 3 is 2.50 bits per heavy atom. The maximum atomic E-state index is 13.6. The molecule has 20 heavy (non-hydrogen) atoms. The highest BCUT2D eigenvalue weighted by Gasteiger charge is 2.13. The molecular formula is C16H14FN3. The van der Waals surface area contributed by atoms with Gasteiger partial charge in [-0.1, -0.05) is 0 Å². The molecule has 0 bridgehead atoms. The van der Waals surface area contributed by atoms with E-state index >= 15 is 0 Å². The minimum absolute atomic E-state index is 0.244. The van der Waals surface area contributed by atoms with Crippen LogP contribution in [-0.2, 0) is 7.05 Å².